The van der Waals surface area contributed by atoms with Crippen LogP contribution in [-0.2, 0) is 35.5 Å². The Morgan fingerprint density at radius 3 is 1.90 bits per heavy atom. The summed E-state index contributed by atoms with van der Waals surface area (Å²) in [6.07, 6.45) is -2.19. The van der Waals surface area contributed by atoms with Crippen LogP contribution in [0.15, 0.2) is 131 Å². The highest BCUT2D eigenvalue weighted by molar-refractivity contribution is 7.44. The normalized spacial score (nSPS) is 18.5. The van der Waals surface area contributed by atoms with E-state index >= 15 is 0 Å². The number of nitrogens with zero attached hydrogens (tertiary/aromatic N) is 3. The first-order valence-corrected chi connectivity index (χ1v) is 21.1. The molecule has 1 N–H and O–H groups in total. The van der Waals surface area contributed by atoms with Crippen molar-refractivity contribution in [3.05, 3.63) is 165 Å². The first-order chi connectivity index (χ1) is 29.1. The standard InChI is InChI=1S/C46H53N4O9P/c1-32(2)50(33(3)4)60(57-29-13-27-47)59-42-40(58-44(49-28-26-41(51)48-45(49)52)43(42)55-30-34-14-9-7-10-15-34)31-56-46(35-16-11-8-12-17-35,36-18-22-38(53-5)23-19-36)37-20-24-39(54-6)25-21-37/h7-12,14-26,28,32-33,40,42-44H,13,29-31H2,1-6H3,(H,48,51,52)/t40-,42-,43-,44-,60?/m1/s1. The first-order valence-electron chi connectivity index (χ1n) is 20.0. The van der Waals surface area contributed by atoms with Crippen molar-refractivity contribution in [3.63, 3.8) is 0 Å². The van der Waals surface area contributed by atoms with Crippen molar-refractivity contribution in [1.29, 1.82) is 5.26 Å². The maximum absolute atomic E-state index is 13.5. The predicted octanol–water partition coefficient (Wildman–Crippen LogP) is 7.71. The van der Waals surface area contributed by atoms with Crippen LogP contribution < -0.4 is 20.7 Å². The van der Waals surface area contributed by atoms with Crippen molar-refractivity contribution in [1.82, 2.24) is 14.2 Å². The Morgan fingerprint density at radius 2 is 1.37 bits per heavy atom. The average Bonchev–Trinajstić information content (AvgIpc) is 3.59. The number of benzene rings is 4. The molecule has 5 aromatic rings. The Morgan fingerprint density at radius 1 is 0.800 bits per heavy atom. The van der Waals surface area contributed by atoms with Gasteiger partial charge in [-0.2, -0.15) is 5.26 Å². The molecule has 0 bridgehead atoms. The quantitative estimate of drug-likeness (QED) is 0.0468. The summed E-state index contributed by atoms with van der Waals surface area (Å²) in [5, 5.41) is 9.47. The lowest BCUT2D eigenvalue weighted by molar-refractivity contribution is -0.0988. The minimum atomic E-state index is -1.83. The second-order valence-electron chi connectivity index (χ2n) is 14.8. The Kier molecular flexibility index (Phi) is 15.5. The fraction of sp³-hybridized carbons (Fsp3) is 0.370. The summed E-state index contributed by atoms with van der Waals surface area (Å²) in [5.74, 6) is 1.36. The van der Waals surface area contributed by atoms with Crippen LogP contribution in [0.4, 0.5) is 0 Å². The summed E-state index contributed by atoms with van der Waals surface area (Å²) in [6.45, 7) is 8.46. The second-order valence-corrected chi connectivity index (χ2v) is 16.2. The van der Waals surface area contributed by atoms with E-state index in [1.54, 1.807) is 14.2 Å². The number of hydrogen-bond donors (Lipinski definition) is 1. The summed E-state index contributed by atoms with van der Waals surface area (Å²) in [4.78, 5) is 28.2. The van der Waals surface area contributed by atoms with E-state index in [9.17, 15) is 14.9 Å². The van der Waals surface area contributed by atoms with E-state index in [4.69, 9.17) is 32.7 Å². The third-order valence-electron chi connectivity index (χ3n) is 10.2. The predicted molar refractivity (Wildman–Crippen MR) is 229 cm³/mol. The molecule has 1 unspecified atom stereocenters. The zero-order valence-corrected chi connectivity index (χ0v) is 35.7. The molecule has 0 radical (unpaired) electrons. The number of ether oxygens (including phenoxy) is 5. The Labute approximate surface area is 352 Å². The van der Waals surface area contributed by atoms with Gasteiger partial charge in [0.1, 0.15) is 35.4 Å². The van der Waals surface area contributed by atoms with Crippen LogP contribution >= 0.6 is 8.53 Å². The second kappa shape index (κ2) is 20.9. The molecule has 14 heteroatoms. The van der Waals surface area contributed by atoms with Gasteiger partial charge in [0.05, 0.1) is 46.5 Å². The molecule has 1 aromatic heterocycles. The van der Waals surface area contributed by atoms with Gasteiger partial charge in [-0.3, -0.25) is 14.3 Å². The number of H-pyrrole nitrogens is 1. The van der Waals surface area contributed by atoms with Crippen LogP contribution in [0.5, 0.6) is 11.5 Å². The van der Waals surface area contributed by atoms with E-state index in [2.05, 4.69) is 43.4 Å². The third kappa shape index (κ3) is 10.2. The van der Waals surface area contributed by atoms with Crippen LogP contribution in [-0.4, -0.2) is 72.1 Å². The van der Waals surface area contributed by atoms with Gasteiger partial charge in [-0.1, -0.05) is 84.9 Å². The summed E-state index contributed by atoms with van der Waals surface area (Å²) in [6, 6.07) is 38.4. The van der Waals surface area contributed by atoms with E-state index in [1.807, 2.05) is 109 Å². The molecule has 0 amide bonds. The van der Waals surface area contributed by atoms with Crippen LogP contribution in [0.25, 0.3) is 0 Å². The lowest BCUT2D eigenvalue weighted by Crippen LogP contribution is -2.43. The SMILES string of the molecule is COc1ccc(C(OC[C@H]2O[C@@H](n3ccc(=O)[nH]c3=O)[C@H](OCc3ccccc3)[C@@H]2OP(OCCC#N)N(C(C)C)C(C)C)(c2ccccc2)c2ccc(OC)cc2)cc1. The van der Waals surface area contributed by atoms with Crippen LogP contribution in [0, 0.1) is 11.3 Å². The lowest BCUT2D eigenvalue weighted by Gasteiger charge is -2.39. The van der Waals surface area contributed by atoms with Gasteiger partial charge in [-0.15, -0.1) is 0 Å². The van der Waals surface area contributed by atoms with Crippen LogP contribution in [0.1, 0.15) is 62.6 Å². The largest absolute Gasteiger partial charge is 0.497 e. The number of aromatic amines is 1. The van der Waals surface area contributed by atoms with Crippen LogP contribution in [0.3, 0.4) is 0 Å². The summed E-state index contributed by atoms with van der Waals surface area (Å²) in [7, 11) is 1.41. The van der Waals surface area contributed by atoms with E-state index in [-0.39, 0.29) is 38.3 Å². The maximum atomic E-state index is 13.5. The molecule has 2 heterocycles. The molecule has 0 spiro atoms. The zero-order chi connectivity index (χ0) is 42.6. The van der Waals surface area contributed by atoms with Gasteiger partial charge in [-0.05, 0) is 74.2 Å². The molecule has 1 fully saturated rings. The molecule has 60 heavy (non-hydrogen) atoms. The molecule has 316 valence electrons. The monoisotopic (exact) mass is 836 g/mol. The molecular weight excluding hydrogens is 783 g/mol. The molecule has 13 nitrogen and oxygen atoms in total. The number of nitriles is 1. The van der Waals surface area contributed by atoms with E-state index in [0.717, 1.165) is 22.3 Å². The van der Waals surface area contributed by atoms with Crippen molar-refractivity contribution < 1.29 is 32.7 Å². The number of hydrogen-bond acceptors (Lipinski definition) is 11. The third-order valence-corrected chi connectivity index (χ3v) is 12.3. The maximum Gasteiger partial charge on any atom is 0.330 e. The zero-order valence-electron chi connectivity index (χ0n) is 34.8. The van der Waals surface area contributed by atoms with Gasteiger partial charge < -0.3 is 32.7 Å². The van der Waals surface area contributed by atoms with Gasteiger partial charge >= 0.3 is 5.69 Å². The van der Waals surface area contributed by atoms with Gasteiger partial charge in [0.15, 0.2) is 6.23 Å². The fourth-order valence-electron chi connectivity index (χ4n) is 7.45. The molecule has 4 aromatic carbocycles. The van der Waals surface area contributed by atoms with Gasteiger partial charge in [0.2, 0.25) is 0 Å². The molecule has 6 rings (SSSR count). The minimum Gasteiger partial charge on any atom is -0.497 e. The number of methoxy groups -OCH3 is 2. The van der Waals surface area contributed by atoms with Crippen molar-refractivity contribution in [2.24, 2.45) is 0 Å². The summed E-state index contributed by atoms with van der Waals surface area (Å²) >= 11 is 0. The average molecular weight is 837 g/mol. The van der Waals surface area contributed by atoms with Gasteiger partial charge in [-0.25, -0.2) is 9.46 Å². The Balaban J connectivity index is 1.50. The molecule has 0 saturated carbocycles. The number of aromatic nitrogens is 2. The molecule has 0 aliphatic carbocycles. The van der Waals surface area contributed by atoms with Gasteiger partial charge in [0.25, 0.3) is 14.1 Å². The molecule has 1 saturated heterocycles. The van der Waals surface area contributed by atoms with Crippen molar-refractivity contribution in [2.75, 3.05) is 27.4 Å². The lowest BCUT2D eigenvalue weighted by atomic mass is 9.80. The Hall–Kier alpha value is -5.16. The van der Waals surface area contributed by atoms with Crippen molar-refractivity contribution >= 4 is 8.53 Å². The van der Waals surface area contributed by atoms with E-state index in [1.165, 1.54) is 16.8 Å². The number of nitrogens with one attached hydrogen (secondary N) is 1. The minimum absolute atomic E-state index is 0.00704. The van der Waals surface area contributed by atoms with Crippen LogP contribution in [0.2, 0.25) is 0 Å². The molecule has 1 aliphatic rings. The van der Waals surface area contributed by atoms with E-state index < -0.39 is 49.9 Å². The van der Waals surface area contributed by atoms with Gasteiger partial charge in [0, 0.05) is 24.3 Å². The van der Waals surface area contributed by atoms with Crippen molar-refractivity contribution in [2.45, 2.75) is 82.9 Å². The summed E-state index contributed by atoms with van der Waals surface area (Å²) in [5.41, 5.74) is 0.931. The highest BCUT2D eigenvalue weighted by atomic mass is 31.2. The van der Waals surface area contributed by atoms with Crippen molar-refractivity contribution in [3.8, 4) is 17.6 Å². The van der Waals surface area contributed by atoms with E-state index in [0.29, 0.717) is 11.5 Å². The molecule has 5 atom stereocenters. The smallest absolute Gasteiger partial charge is 0.330 e. The molecular formula is C46H53N4O9P. The highest BCUT2D eigenvalue weighted by Gasteiger charge is 2.51. The number of rotatable bonds is 20. The first kappa shape index (κ1) is 44.4. The molecule has 1 aliphatic heterocycles. The summed E-state index contributed by atoms with van der Waals surface area (Å²) < 4.78 is 49.1. The highest BCUT2D eigenvalue weighted by Crippen LogP contribution is 2.51. The Bertz CT molecular complexity index is 2190. The fourth-order valence-corrected chi connectivity index (χ4v) is 9.21. The topological polar surface area (TPSA) is 147 Å².